The van der Waals surface area contributed by atoms with Gasteiger partial charge in [-0.3, -0.25) is 10.1 Å². The number of carbonyl (C=O) groups is 2. The number of halogens is 1. The smallest absolute Gasteiger partial charge is 0.326 e. The van der Waals surface area contributed by atoms with Gasteiger partial charge in [-0.15, -0.1) is 0 Å². The van der Waals surface area contributed by atoms with Crippen LogP contribution in [0.4, 0.5) is 16.3 Å². The van der Waals surface area contributed by atoms with Crippen LogP contribution in [0.1, 0.15) is 5.56 Å². The van der Waals surface area contributed by atoms with Crippen molar-refractivity contribution in [3.8, 4) is 0 Å². The van der Waals surface area contributed by atoms with E-state index in [1.165, 1.54) is 6.08 Å². The standard InChI is InChI=1S/C16H11ClN6O2/c17-10-1-3-11(4-2-10)19-13-5-6-23-14(21-13)9(8-18-23)7-12-15(24)22-16(25)20-12/h1-8H,(H,19,21)(H2,20,22,24,25). The number of imide groups is 1. The van der Waals surface area contributed by atoms with E-state index in [0.717, 1.165) is 5.69 Å². The number of amides is 3. The van der Waals surface area contributed by atoms with Crippen LogP contribution in [0.25, 0.3) is 11.7 Å². The molecule has 0 atom stereocenters. The molecule has 8 nitrogen and oxygen atoms in total. The van der Waals surface area contributed by atoms with Gasteiger partial charge < -0.3 is 10.6 Å². The molecule has 3 N–H and O–H groups in total. The minimum atomic E-state index is -0.550. The van der Waals surface area contributed by atoms with E-state index >= 15 is 0 Å². The van der Waals surface area contributed by atoms with Gasteiger partial charge in [0, 0.05) is 22.5 Å². The molecule has 0 radical (unpaired) electrons. The summed E-state index contributed by atoms with van der Waals surface area (Å²) in [4.78, 5) is 27.4. The molecule has 1 fully saturated rings. The maximum atomic E-state index is 11.6. The van der Waals surface area contributed by atoms with Gasteiger partial charge in [0.2, 0.25) is 0 Å². The molecule has 2 aromatic heterocycles. The van der Waals surface area contributed by atoms with Crippen molar-refractivity contribution in [2.24, 2.45) is 0 Å². The number of urea groups is 1. The average molecular weight is 355 g/mol. The third kappa shape index (κ3) is 3.02. The lowest BCUT2D eigenvalue weighted by molar-refractivity contribution is -0.115. The fourth-order valence-electron chi connectivity index (χ4n) is 2.38. The number of hydrogen-bond acceptors (Lipinski definition) is 5. The van der Waals surface area contributed by atoms with Gasteiger partial charge >= 0.3 is 6.03 Å². The minimum Gasteiger partial charge on any atom is -0.340 e. The van der Waals surface area contributed by atoms with Crippen LogP contribution >= 0.6 is 11.6 Å². The van der Waals surface area contributed by atoms with Gasteiger partial charge in [-0.05, 0) is 36.4 Å². The van der Waals surface area contributed by atoms with E-state index in [4.69, 9.17) is 11.6 Å². The molecule has 3 aromatic rings. The quantitative estimate of drug-likeness (QED) is 0.495. The minimum absolute atomic E-state index is 0.151. The number of nitrogens with zero attached hydrogens (tertiary/aromatic N) is 3. The Hall–Kier alpha value is -3.39. The Morgan fingerprint density at radius 3 is 2.64 bits per heavy atom. The van der Waals surface area contributed by atoms with Crippen molar-refractivity contribution in [1.29, 1.82) is 0 Å². The first-order valence-corrected chi connectivity index (χ1v) is 7.67. The number of anilines is 2. The van der Waals surface area contributed by atoms with Gasteiger partial charge in [0.05, 0.1) is 6.20 Å². The van der Waals surface area contributed by atoms with E-state index < -0.39 is 11.9 Å². The van der Waals surface area contributed by atoms with Crippen LogP contribution in [0.3, 0.4) is 0 Å². The van der Waals surface area contributed by atoms with Gasteiger partial charge in [-0.25, -0.2) is 14.3 Å². The van der Waals surface area contributed by atoms with Gasteiger partial charge in [0.1, 0.15) is 11.5 Å². The fraction of sp³-hybridized carbons (Fsp3) is 0. The summed E-state index contributed by atoms with van der Waals surface area (Å²) >= 11 is 5.88. The summed E-state index contributed by atoms with van der Waals surface area (Å²) in [5.41, 5.74) is 2.13. The number of rotatable bonds is 3. The zero-order valence-electron chi connectivity index (χ0n) is 12.7. The van der Waals surface area contributed by atoms with Crippen LogP contribution in [0.15, 0.2) is 48.4 Å². The van der Waals surface area contributed by atoms with E-state index in [0.29, 0.717) is 22.1 Å². The summed E-state index contributed by atoms with van der Waals surface area (Å²) < 4.78 is 1.58. The first-order chi connectivity index (χ1) is 12.1. The van der Waals surface area contributed by atoms with E-state index in [2.05, 4.69) is 26.0 Å². The second-order valence-corrected chi connectivity index (χ2v) is 5.72. The van der Waals surface area contributed by atoms with Crippen molar-refractivity contribution < 1.29 is 9.59 Å². The largest absolute Gasteiger partial charge is 0.340 e. The molecule has 3 heterocycles. The highest BCUT2D eigenvalue weighted by atomic mass is 35.5. The number of nitrogens with one attached hydrogen (secondary N) is 3. The normalized spacial score (nSPS) is 15.5. The molecule has 0 aliphatic carbocycles. The van der Waals surface area contributed by atoms with Gasteiger partial charge in [-0.2, -0.15) is 5.10 Å². The molecule has 4 rings (SSSR count). The predicted octanol–water partition coefficient (Wildman–Crippen LogP) is 2.31. The lowest BCUT2D eigenvalue weighted by atomic mass is 10.2. The third-order valence-electron chi connectivity index (χ3n) is 3.53. The number of hydrogen-bond donors (Lipinski definition) is 3. The van der Waals surface area contributed by atoms with E-state index in [-0.39, 0.29) is 5.70 Å². The van der Waals surface area contributed by atoms with Crippen molar-refractivity contribution in [3.05, 3.63) is 59.0 Å². The molecule has 124 valence electrons. The van der Waals surface area contributed by atoms with Crippen LogP contribution in [-0.2, 0) is 4.79 Å². The predicted molar refractivity (Wildman–Crippen MR) is 92.4 cm³/mol. The SMILES string of the molecule is O=C1NC(=O)C(=Cc2cnn3ccc(Nc4ccc(Cl)cc4)nc23)N1. The van der Waals surface area contributed by atoms with Crippen LogP contribution in [0.2, 0.25) is 5.02 Å². The highest BCUT2D eigenvalue weighted by molar-refractivity contribution is 6.30. The molecule has 25 heavy (non-hydrogen) atoms. The van der Waals surface area contributed by atoms with Crippen molar-refractivity contribution in [2.75, 3.05) is 5.32 Å². The van der Waals surface area contributed by atoms with Gasteiger partial charge in [-0.1, -0.05) is 11.6 Å². The van der Waals surface area contributed by atoms with Crippen LogP contribution in [-0.4, -0.2) is 26.5 Å². The van der Waals surface area contributed by atoms with E-state index in [9.17, 15) is 9.59 Å². The fourth-order valence-corrected chi connectivity index (χ4v) is 2.50. The first kappa shape index (κ1) is 15.2. The summed E-state index contributed by atoms with van der Waals surface area (Å²) in [6, 6.07) is 8.45. The number of fused-ring (bicyclic) bond motifs is 1. The Labute approximate surface area is 146 Å². The lowest BCUT2D eigenvalue weighted by Gasteiger charge is -2.06. The van der Waals surface area contributed by atoms with Crippen molar-refractivity contribution in [2.45, 2.75) is 0 Å². The third-order valence-corrected chi connectivity index (χ3v) is 3.78. The summed E-state index contributed by atoms with van der Waals surface area (Å²) in [7, 11) is 0. The number of aromatic nitrogens is 3. The highest BCUT2D eigenvalue weighted by Crippen LogP contribution is 2.20. The molecule has 0 bridgehead atoms. The maximum Gasteiger partial charge on any atom is 0.326 e. The zero-order valence-corrected chi connectivity index (χ0v) is 13.4. The molecule has 9 heteroatoms. The van der Waals surface area contributed by atoms with Crippen LogP contribution in [0.5, 0.6) is 0 Å². The molecular weight excluding hydrogens is 344 g/mol. The second kappa shape index (κ2) is 5.91. The highest BCUT2D eigenvalue weighted by Gasteiger charge is 2.23. The first-order valence-electron chi connectivity index (χ1n) is 7.29. The molecule has 1 saturated heterocycles. The summed E-state index contributed by atoms with van der Waals surface area (Å²) in [5, 5.41) is 12.6. The lowest BCUT2D eigenvalue weighted by Crippen LogP contribution is -2.22. The molecule has 1 aromatic carbocycles. The summed E-state index contributed by atoms with van der Waals surface area (Å²) in [6.07, 6.45) is 4.84. The Morgan fingerprint density at radius 2 is 1.92 bits per heavy atom. The van der Waals surface area contributed by atoms with Gasteiger partial charge in [0.25, 0.3) is 5.91 Å². The average Bonchev–Trinajstić information content (AvgIpc) is 3.13. The molecule has 1 aliphatic heterocycles. The Balaban J connectivity index is 1.68. The van der Waals surface area contributed by atoms with E-state index in [1.54, 1.807) is 35.1 Å². The van der Waals surface area contributed by atoms with E-state index in [1.807, 2.05) is 12.1 Å². The zero-order chi connectivity index (χ0) is 17.4. The molecule has 3 amide bonds. The number of carbonyl (C=O) groups excluding carboxylic acids is 2. The Morgan fingerprint density at radius 1 is 1.12 bits per heavy atom. The molecule has 0 spiro atoms. The molecule has 1 aliphatic rings. The summed E-state index contributed by atoms with van der Waals surface area (Å²) in [5.74, 6) is 0.120. The summed E-state index contributed by atoms with van der Waals surface area (Å²) in [6.45, 7) is 0. The molecule has 0 saturated carbocycles. The van der Waals surface area contributed by atoms with Crippen molar-refractivity contribution in [3.63, 3.8) is 0 Å². The topological polar surface area (TPSA) is 100 Å². The molecular formula is C16H11ClN6O2. The maximum absolute atomic E-state index is 11.6. The monoisotopic (exact) mass is 354 g/mol. The van der Waals surface area contributed by atoms with Crippen LogP contribution < -0.4 is 16.0 Å². The molecule has 0 unspecified atom stereocenters. The number of benzene rings is 1. The Bertz CT molecular complexity index is 1020. The van der Waals surface area contributed by atoms with Gasteiger partial charge in [0.15, 0.2) is 5.65 Å². The van der Waals surface area contributed by atoms with Crippen molar-refractivity contribution in [1.82, 2.24) is 25.2 Å². The van der Waals surface area contributed by atoms with Crippen LogP contribution in [0, 0.1) is 0 Å². The van der Waals surface area contributed by atoms with Crippen molar-refractivity contribution >= 4 is 46.8 Å². The second-order valence-electron chi connectivity index (χ2n) is 5.28. The Kier molecular flexibility index (Phi) is 3.58.